The third-order valence-electron chi connectivity index (χ3n) is 2.92. The van der Waals surface area contributed by atoms with Gasteiger partial charge in [-0.15, -0.1) is 0 Å². The number of rotatable bonds is 6. The van der Waals surface area contributed by atoms with Crippen LogP contribution in [-0.2, 0) is 10.9 Å². The molecule has 0 aliphatic heterocycles. The molecule has 21 heavy (non-hydrogen) atoms. The second-order valence-electron chi connectivity index (χ2n) is 4.78. The number of hydrogen-bond acceptors (Lipinski definition) is 3. The monoisotopic (exact) mass is 304 g/mol. The molecule has 1 amide bonds. The van der Waals surface area contributed by atoms with Crippen LogP contribution in [0.15, 0.2) is 18.2 Å². The number of alkyl halides is 3. The smallest absolute Gasteiger partial charge is 0.388 e. The molecule has 1 aromatic carbocycles. The molecule has 0 bridgehead atoms. The lowest BCUT2D eigenvalue weighted by Gasteiger charge is -2.15. The molecule has 1 atom stereocenters. The predicted molar refractivity (Wildman–Crippen MR) is 74.4 cm³/mol. The zero-order valence-corrected chi connectivity index (χ0v) is 12.2. The first-order valence-corrected chi connectivity index (χ1v) is 6.45. The number of anilines is 1. The van der Waals surface area contributed by atoms with Gasteiger partial charge in [-0.05, 0) is 24.1 Å². The first kappa shape index (κ1) is 17.3. The van der Waals surface area contributed by atoms with Crippen molar-refractivity contribution >= 4 is 11.6 Å². The molecule has 0 aliphatic rings. The van der Waals surface area contributed by atoms with Gasteiger partial charge >= 0.3 is 6.18 Å². The van der Waals surface area contributed by atoms with E-state index in [9.17, 15) is 18.0 Å². The fourth-order valence-electron chi connectivity index (χ4n) is 1.85. The van der Waals surface area contributed by atoms with Gasteiger partial charge in [0.15, 0.2) is 0 Å². The van der Waals surface area contributed by atoms with Gasteiger partial charge < -0.3 is 15.4 Å². The number of halogens is 3. The van der Waals surface area contributed by atoms with Crippen LogP contribution < -0.4 is 10.6 Å². The third kappa shape index (κ3) is 4.93. The van der Waals surface area contributed by atoms with E-state index in [-0.39, 0.29) is 17.2 Å². The van der Waals surface area contributed by atoms with Gasteiger partial charge in [-0.2, -0.15) is 13.2 Å². The fraction of sp³-hybridized carbons (Fsp3) is 0.500. The van der Waals surface area contributed by atoms with Crippen molar-refractivity contribution in [1.82, 2.24) is 5.32 Å². The number of amides is 1. The van der Waals surface area contributed by atoms with Crippen LogP contribution in [0.3, 0.4) is 0 Å². The normalized spacial score (nSPS) is 12.9. The van der Waals surface area contributed by atoms with E-state index < -0.39 is 17.6 Å². The Morgan fingerprint density at radius 2 is 2.05 bits per heavy atom. The second-order valence-corrected chi connectivity index (χ2v) is 4.78. The Labute approximate surface area is 121 Å². The largest absolute Gasteiger partial charge is 0.418 e. The molecule has 0 fully saturated rings. The van der Waals surface area contributed by atoms with Crippen molar-refractivity contribution in [2.75, 3.05) is 32.6 Å². The number of carbonyl (C=O) groups excluding carboxylic acids is 1. The summed E-state index contributed by atoms with van der Waals surface area (Å²) in [6.07, 6.45) is -4.52. The minimum Gasteiger partial charge on any atom is -0.388 e. The molecule has 4 nitrogen and oxygen atoms in total. The Hall–Kier alpha value is -1.76. The molecular weight excluding hydrogens is 285 g/mol. The zero-order chi connectivity index (χ0) is 16.0. The quantitative estimate of drug-likeness (QED) is 0.849. The third-order valence-corrected chi connectivity index (χ3v) is 2.92. The molecule has 0 aromatic heterocycles. The summed E-state index contributed by atoms with van der Waals surface area (Å²) in [5.41, 5.74) is -0.944. The van der Waals surface area contributed by atoms with Gasteiger partial charge in [0.2, 0.25) is 0 Å². The van der Waals surface area contributed by atoms with Gasteiger partial charge in [0, 0.05) is 32.0 Å². The number of methoxy groups -OCH3 is 1. The molecular formula is C14H19F3N2O2. The summed E-state index contributed by atoms with van der Waals surface area (Å²) in [6.45, 7) is 2.67. The SMILES string of the molecule is CNc1ccc(C(=O)NCC(C)COC)cc1C(F)(F)F. The van der Waals surface area contributed by atoms with E-state index in [1.807, 2.05) is 6.92 Å². The van der Waals surface area contributed by atoms with E-state index >= 15 is 0 Å². The molecule has 0 heterocycles. The van der Waals surface area contributed by atoms with E-state index in [1.54, 1.807) is 7.11 Å². The Morgan fingerprint density at radius 1 is 1.38 bits per heavy atom. The Bertz CT molecular complexity index is 490. The van der Waals surface area contributed by atoms with Gasteiger partial charge in [0.1, 0.15) is 0 Å². The van der Waals surface area contributed by atoms with Crippen LogP contribution in [0.2, 0.25) is 0 Å². The lowest BCUT2D eigenvalue weighted by molar-refractivity contribution is -0.136. The molecule has 0 radical (unpaired) electrons. The molecule has 1 unspecified atom stereocenters. The highest BCUT2D eigenvalue weighted by atomic mass is 19.4. The summed E-state index contributed by atoms with van der Waals surface area (Å²) in [6, 6.07) is 3.45. The van der Waals surface area contributed by atoms with Crippen LogP contribution in [0.5, 0.6) is 0 Å². The maximum absolute atomic E-state index is 12.9. The maximum atomic E-state index is 12.9. The van der Waals surface area contributed by atoms with Gasteiger partial charge in [0.05, 0.1) is 12.2 Å². The van der Waals surface area contributed by atoms with Crippen molar-refractivity contribution in [1.29, 1.82) is 0 Å². The van der Waals surface area contributed by atoms with E-state index in [1.165, 1.54) is 19.2 Å². The van der Waals surface area contributed by atoms with Crippen molar-refractivity contribution in [2.45, 2.75) is 13.1 Å². The van der Waals surface area contributed by atoms with E-state index in [0.717, 1.165) is 6.07 Å². The number of carbonyl (C=O) groups is 1. The maximum Gasteiger partial charge on any atom is 0.418 e. The summed E-state index contributed by atoms with van der Waals surface area (Å²) in [4.78, 5) is 11.9. The molecule has 0 saturated carbocycles. The predicted octanol–water partition coefficient (Wildman–Crippen LogP) is 2.76. The number of hydrogen-bond donors (Lipinski definition) is 2. The highest BCUT2D eigenvalue weighted by molar-refractivity contribution is 5.95. The van der Waals surface area contributed by atoms with Gasteiger partial charge in [-0.1, -0.05) is 6.92 Å². The van der Waals surface area contributed by atoms with Crippen LogP contribution in [0.4, 0.5) is 18.9 Å². The van der Waals surface area contributed by atoms with Gasteiger partial charge in [-0.25, -0.2) is 0 Å². The highest BCUT2D eigenvalue weighted by Gasteiger charge is 2.34. The van der Waals surface area contributed by atoms with Crippen LogP contribution >= 0.6 is 0 Å². The Kier molecular flexibility index (Phi) is 6.02. The fourth-order valence-corrected chi connectivity index (χ4v) is 1.85. The summed E-state index contributed by atoms with van der Waals surface area (Å²) in [5, 5.41) is 5.06. The van der Waals surface area contributed by atoms with Crippen molar-refractivity contribution in [3.05, 3.63) is 29.3 Å². The minimum atomic E-state index is -4.52. The van der Waals surface area contributed by atoms with Crippen LogP contribution in [0.1, 0.15) is 22.8 Å². The van der Waals surface area contributed by atoms with E-state index in [4.69, 9.17) is 4.74 Å². The summed E-state index contributed by atoms with van der Waals surface area (Å²) in [5.74, 6) is -0.455. The number of ether oxygens (including phenoxy) is 1. The van der Waals surface area contributed by atoms with E-state index in [0.29, 0.717) is 13.2 Å². The van der Waals surface area contributed by atoms with Crippen molar-refractivity contribution in [3.8, 4) is 0 Å². The molecule has 1 aromatic rings. The van der Waals surface area contributed by atoms with Crippen molar-refractivity contribution < 1.29 is 22.7 Å². The van der Waals surface area contributed by atoms with Gasteiger partial charge in [-0.3, -0.25) is 4.79 Å². The van der Waals surface area contributed by atoms with Crippen LogP contribution in [-0.4, -0.2) is 33.2 Å². The molecule has 0 aliphatic carbocycles. The van der Waals surface area contributed by atoms with Crippen LogP contribution in [0, 0.1) is 5.92 Å². The average Bonchev–Trinajstić information content (AvgIpc) is 2.43. The first-order valence-electron chi connectivity index (χ1n) is 6.45. The number of nitrogens with one attached hydrogen (secondary N) is 2. The zero-order valence-electron chi connectivity index (χ0n) is 12.2. The topological polar surface area (TPSA) is 50.4 Å². The average molecular weight is 304 g/mol. The standard InChI is InChI=1S/C14H19F3N2O2/c1-9(8-21-3)7-19-13(20)10-4-5-12(18-2)11(6-10)14(15,16)17/h4-6,9,18H,7-8H2,1-3H3,(H,19,20). The summed E-state index contributed by atoms with van der Waals surface area (Å²) < 4.78 is 43.6. The summed E-state index contributed by atoms with van der Waals surface area (Å²) >= 11 is 0. The highest BCUT2D eigenvalue weighted by Crippen LogP contribution is 2.35. The lowest BCUT2D eigenvalue weighted by Crippen LogP contribution is -2.30. The Morgan fingerprint density at radius 3 is 2.57 bits per heavy atom. The second kappa shape index (κ2) is 7.31. The number of benzene rings is 1. The molecule has 2 N–H and O–H groups in total. The summed E-state index contributed by atoms with van der Waals surface area (Å²) in [7, 11) is 2.95. The molecule has 0 saturated heterocycles. The van der Waals surface area contributed by atoms with Crippen molar-refractivity contribution in [2.24, 2.45) is 5.92 Å². The van der Waals surface area contributed by atoms with Crippen molar-refractivity contribution in [3.63, 3.8) is 0 Å². The molecule has 1 rings (SSSR count). The van der Waals surface area contributed by atoms with Crippen LogP contribution in [0.25, 0.3) is 0 Å². The lowest BCUT2D eigenvalue weighted by atomic mass is 10.1. The minimum absolute atomic E-state index is 0.0223. The van der Waals surface area contributed by atoms with E-state index in [2.05, 4.69) is 10.6 Å². The first-order chi connectivity index (χ1) is 9.79. The molecule has 118 valence electrons. The molecule has 7 heteroatoms. The molecule has 0 spiro atoms. The Balaban J connectivity index is 2.86. The van der Waals surface area contributed by atoms with Gasteiger partial charge in [0.25, 0.3) is 5.91 Å².